The third-order valence-corrected chi connectivity index (χ3v) is 1.79. The first-order valence-electron chi connectivity index (χ1n) is 3.81. The van der Waals surface area contributed by atoms with Crippen LogP contribution in [0.4, 0.5) is 0 Å². The van der Waals surface area contributed by atoms with Gasteiger partial charge in [0.25, 0.3) is 0 Å². The van der Waals surface area contributed by atoms with Crippen LogP contribution in [0, 0.1) is 12.3 Å². The second kappa shape index (κ2) is 3.49. The monoisotopic (exact) mass is 152 g/mol. The molecule has 0 fully saturated rings. The molecule has 0 saturated carbocycles. The maximum Gasteiger partial charge on any atom is 0.192 e. The maximum absolute atomic E-state index is 8.56. The van der Waals surface area contributed by atoms with E-state index < -0.39 is 0 Å². The number of aliphatic hydroxyl groups is 1. The van der Waals surface area contributed by atoms with Crippen molar-refractivity contribution in [2.24, 2.45) is 10.2 Å². The molecule has 11 heavy (non-hydrogen) atoms. The van der Waals surface area contributed by atoms with E-state index in [4.69, 9.17) is 11.5 Å². The average molecular weight is 152 g/mol. The van der Waals surface area contributed by atoms with Crippen LogP contribution in [0.3, 0.4) is 0 Å². The van der Waals surface area contributed by atoms with Gasteiger partial charge in [0.05, 0.1) is 0 Å². The Hall–Kier alpha value is -0.880. The van der Waals surface area contributed by atoms with Crippen LogP contribution in [0.15, 0.2) is 10.2 Å². The highest BCUT2D eigenvalue weighted by Gasteiger charge is 2.38. The lowest BCUT2D eigenvalue weighted by molar-refractivity contribution is 0.273. The van der Waals surface area contributed by atoms with Gasteiger partial charge in [-0.1, -0.05) is 0 Å². The van der Waals surface area contributed by atoms with E-state index in [1.165, 1.54) is 0 Å². The fraction of sp³-hybridized carbons (Fsp3) is 0.750. The number of aliphatic hydroxyl groups excluding tert-OH is 1. The zero-order valence-corrected chi connectivity index (χ0v) is 6.45. The summed E-state index contributed by atoms with van der Waals surface area (Å²) in [5.74, 6) is 2.56. The summed E-state index contributed by atoms with van der Waals surface area (Å²) in [6.45, 7) is 0.211. The van der Waals surface area contributed by atoms with Crippen molar-refractivity contribution >= 4 is 0 Å². The number of nitrogens with zero attached hydrogens (tertiary/aromatic N) is 2. The molecule has 0 aromatic rings. The predicted octanol–water partition coefficient (Wildman–Crippen LogP) is 1.33. The Morgan fingerprint density at radius 3 is 2.55 bits per heavy atom. The topological polar surface area (TPSA) is 45.0 Å². The number of terminal acetylenes is 1. The minimum Gasteiger partial charge on any atom is -0.396 e. The molecule has 0 radical (unpaired) electrons. The molecule has 0 spiro atoms. The van der Waals surface area contributed by atoms with Crippen molar-refractivity contribution in [3.8, 4) is 12.3 Å². The summed E-state index contributed by atoms with van der Waals surface area (Å²) in [6, 6.07) is 0. The molecule has 1 aliphatic heterocycles. The van der Waals surface area contributed by atoms with Gasteiger partial charge >= 0.3 is 0 Å². The first kappa shape index (κ1) is 8.22. The van der Waals surface area contributed by atoms with Crippen molar-refractivity contribution in [1.82, 2.24) is 0 Å². The van der Waals surface area contributed by atoms with Gasteiger partial charge in [-0.05, 0) is 12.8 Å². The molecule has 60 valence electrons. The number of rotatable bonds is 5. The van der Waals surface area contributed by atoms with E-state index in [1.807, 2.05) is 0 Å². The molecule has 0 amide bonds. The van der Waals surface area contributed by atoms with Crippen molar-refractivity contribution < 1.29 is 5.11 Å². The summed E-state index contributed by atoms with van der Waals surface area (Å²) in [4.78, 5) is 0. The van der Waals surface area contributed by atoms with Gasteiger partial charge in [-0.25, -0.2) is 0 Å². The Morgan fingerprint density at radius 1 is 1.36 bits per heavy atom. The maximum atomic E-state index is 8.56. The zero-order valence-electron chi connectivity index (χ0n) is 6.45. The van der Waals surface area contributed by atoms with E-state index in [-0.39, 0.29) is 12.3 Å². The van der Waals surface area contributed by atoms with E-state index in [0.717, 1.165) is 25.7 Å². The molecule has 0 bridgehead atoms. The van der Waals surface area contributed by atoms with E-state index in [0.29, 0.717) is 0 Å². The molecular weight excluding hydrogens is 140 g/mol. The van der Waals surface area contributed by atoms with Gasteiger partial charge in [0.1, 0.15) is 0 Å². The minimum absolute atomic E-state index is 0.199. The molecule has 0 atom stereocenters. The highest BCUT2D eigenvalue weighted by Crippen LogP contribution is 2.37. The van der Waals surface area contributed by atoms with Crippen LogP contribution in [0.25, 0.3) is 0 Å². The second-order valence-corrected chi connectivity index (χ2v) is 2.71. The molecule has 0 aliphatic carbocycles. The molecule has 1 N–H and O–H groups in total. The summed E-state index contributed by atoms with van der Waals surface area (Å²) < 4.78 is 0. The van der Waals surface area contributed by atoms with Crippen molar-refractivity contribution in [3.63, 3.8) is 0 Å². The van der Waals surface area contributed by atoms with Crippen LogP contribution in [-0.2, 0) is 0 Å². The molecule has 1 rings (SSSR count). The first-order valence-corrected chi connectivity index (χ1v) is 3.81. The predicted molar refractivity (Wildman–Crippen MR) is 42.0 cm³/mol. The summed E-state index contributed by atoms with van der Waals surface area (Å²) >= 11 is 0. The Labute approximate surface area is 66.5 Å². The van der Waals surface area contributed by atoms with Gasteiger partial charge < -0.3 is 5.11 Å². The Morgan fingerprint density at radius 2 is 2.09 bits per heavy atom. The van der Waals surface area contributed by atoms with Crippen LogP contribution in [0.1, 0.15) is 25.7 Å². The van der Waals surface area contributed by atoms with Crippen molar-refractivity contribution in [1.29, 1.82) is 0 Å². The van der Waals surface area contributed by atoms with Crippen LogP contribution in [0.2, 0.25) is 0 Å². The van der Waals surface area contributed by atoms with Gasteiger partial charge in [0.15, 0.2) is 5.66 Å². The lowest BCUT2D eigenvalue weighted by atomic mass is 10.0. The molecule has 0 saturated heterocycles. The van der Waals surface area contributed by atoms with Crippen LogP contribution < -0.4 is 0 Å². The van der Waals surface area contributed by atoms with Crippen LogP contribution >= 0.6 is 0 Å². The van der Waals surface area contributed by atoms with Crippen molar-refractivity contribution in [2.75, 3.05) is 6.61 Å². The molecule has 1 heterocycles. The average Bonchev–Trinajstić information content (AvgIpc) is 2.79. The smallest absolute Gasteiger partial charge is 0.192 e. The third-order valence-electron chi connectivity index (χ3n) is 1.79. The Bertz CT molecular complexity index is 187. The summed E-state index contributed by atoms with van der Waals surface area (Å²) in [5, 5.41) is 16.4. The zero-order chi connectivity index (χ0) is 8.16. The van der Waals surface area contributed by atoms with E-state index in [1.54, 1.807) is 0 Å². The Balaban J connectivity index is 2.15. The first-order chi connectivity index (χ1) is 5.33. The summed E-state index contributed by atoms with van der Waals surface area (Å²) in [6.07, 6.45) is 8.27. The fourth-order valence-corrected chi connectivity index (χ4v) is 1.03. The van der Waals surface area contributed by atoms with Crippen molar-refractivity contribution in [2.45, 2.75) is 31.3 Å². The molecule has 1 aliphatic rings. The second-order valence-electron chi connectivity index (χ2n) is 2.71. The van der Waals surface area contributed by atoms with Crippen LogP contribution in [-0.4, -0.2) is 17.4 Å². The van der Waals surface area contributed by atoms with E-state index >= 15 is 0 Å². The standard InChI is InChI=1S/C8H12N2O/c1-2-3-5-8(9-10-8)6-4-7-11/h1,11H,3-7H2. The van der Waals surface area contributed by atoms with Gasteiger partial charge in [-0.2, -0.15) is 10.2 Å². The summed E-state index contributed by atoms with van der Waals surface area (Å²) in [7, 11) is 0. The van der Waals surface area contributed by atoms with Crippen molar-refractivity contribution in [3.05, 3.63) is 0 Å². The SMILES string of the molecule is C#CCCC1(CCCO)N=N1. The molecule has 3 nitrogen and oxygen atoms in total. The lowest BCUT2D eigenvalue weighted by Crippen LogP contribution is -2.10. The van der Waals surface area contributed by atoms with Gasteiger partial charge in [0.2, 0.25) is 0 Å². The number of hydrogen-bond acceptors (Lipinski definition) is 3. The largest absolute Gasteiger partial charge is 0.396 e. The molecule has 0 aromatic heterocycles. The summed E-state index contributed by atoms with van der Waals surface area (Å²) in [5.41, 5.74) is -0.199. The molecule has 3 heteroatoms. The fourth-order valence-electron chi connectivity index (χ4n) is 1.03. The molecule has 0 aromatic carbocycles. The number of hydrogen-bond donors (Lipinski definition) is 1. The molecule has 0 unspecified atom stereocenters. The van der Waals surface area contributed by atoms with Crippen LogP contribution in [0.5, 0.6) is 0 Å². The Kier molecular flexibility index (Phi) is 2.61. The van der Waals surface area contributed by atoms with Gasteiger partial charge in [-0.15, -0.1) is 12.3 Å². The lowest BCUT2D eigenvalue weighted by Gasteiger charge is -2.05. The highest BCUT2D eigenvalue weighted by molar-refractivity contribution is 4.97. The third kappa shape index (κ3) is 2.32. The minimum atomic E-state index is -0.199. The van der Waals surface area contributed by atoms with Gasteiger partial charge in [-0.3, -0.25) is 0 Å². The highest BCUT2D eigenvalue weighted by atomic mass is 16.2. The molecular formula is C8H12N2O. The normalized spacial score (nSPS) is 17.8. The van der Waals surface area contributed by atoms with Gasteiger partial charge in [0, 0.05) is 19.4 Å². The van der Waals surface area contributed by atoms with E-state index in [9.17, 15) is 0 Å². The van der Waals surface area contributed by atoms with E-state index in [2.05, 4.69) is 16.1 Å². The quantitative estimate of drug-likeness (QED) is 0.593.